The second-order valence-corrected chi connectivity index (χ2v) is 7.42. The number of primary amides is 1. The van der Waals surface area contributed by atoms with E-state index in [0.29, 0.717) is 0 Å². The Hall–Kier alpha value is -1.51. The van der Waals surface area contributed by atoms with Crippen molar-refractivity contribution in [2.24, 2.45) is 5.73 Å². The largest absolute Gasteiger partial charge is 0.351 e. The van der Waals surface area contributed by atoms with Crippen LogP contribution in [0, 0.1) is 0 Å². The van der Waals surface area contributed by atoms with E-state index < -0.39 is 0 Å². The summed E-state index contributed by atoms with van der Waals surface area (Å²) < 4.78 is 0. The average molecular weight is 361 g/mol. The molecule has 0 saturated carbocycles. The van der Waals surface area contributed by atoms with E-state index in [2.05, 4.69) is 6.92 Å². The van der Waals surface area contributed by atoms with Gasteiger partial charge in [0.05, 0.1) is 0 Å². The standard InChI is InChI=1S/C23H40N2O/c1-2-3-4-5-6-7-8-9-10-11-12-13-14-18-21-25(23(24)26)22-19-16-15-17-20-22/h15-17,19-20H,2-14,18,21H2,1H3,(H2,24,26). The zero-order chi connectivity index (χ0) is 18.9. The summed E-state index contributed by atoms with van der Waals surface area (Å²) in [6.07, 6.45) is 18.8. The summed E-state index contributed by atoms with van der Waals surface area (Å²) in [5.74, 6) is 0. The minimum atomic E-state index is -0.356. The Bertz CT molecular complexity index is 447. The number of para-hydroxylation sites is 1. The third-order valence-electron chi connectivity index (χ3n) is 5.07. The fourth-order valence-corrected chi connectivity index (χ4v) is 3.44. The van der Waals surface area contributed by atoms with Gasteiger partial charge in [0.15, 0.2) is 0 Å². The Kier molecular flexibility index (Phi) is 13.6. The van der Waals surface area contributed by atoms with E-state index in [0.717, 1.165) is 18.7 Å². The maximum atomic E-state index is 11.6. The molecule has 3 nitrogen and oxygen atoms in total. The number of hydrogen-bond acceptors (Lipinski definition) is 1. The van der Waals surface area contributed by atoms with Crippen molar-refractivity contribution in [1.29, 1.82) is 0 Å². The maximum Gasteiger partial charge on any atom is 0.319 e. The molecular formula is C23H40N2O. The molecule has 2 N–H and O–H groups in total. The van der Waals surface area contributed by atoms with Gasteiger partial charge < -0.3 is 5.73 Å². The predicted octanol–water partition coefficient (Wildman–Crippen LogP) is 7.05. The van der Waals surface area contributed by atoms with Crippen LogP contribution in [0.25, 0.3) is 0 Å². The molecule has 1 aromatic rings. The van der Waals surface area contributed by atoms with Crippen LogP contribution in [0.1, 0.15) is 96.8 Å². The summed E-state index contributed by atoms with van der Waals surface area (Å²) >= 11 is 0. The van der Waals surface area contributed by atoms with Crippen molar-refractivity contribution in [3.63, 3.8) is 0 Å². The highest BCUT2D eigenvalue weighted by molar-refractivity contribution is 5.90. The number of hydrogen-bond donors (Lipinski definition) is 1. The molecule has 26 heavy (non-hydrogen) atoms. The summed E-state index contributed by atoms with van der Waals surface area (Å²) in [4.78, 5) is 13.3. The molecule has 1 rings (SSSR count). The molecule has 0 aromatic heterocycles. The Morgan fingerprint density at radius 2 is 1.15 bits per heavy atom. The topological polar surface area (TPSA) is 46.3 Å². The number of nitrogens with zero attached hydrogens (tertiary/aromatic N) is 1. The molecule has 0 bridgehead atoms. The fourth-order valence-electron chi connectivity index (χ4n) is 3.44. The molecule has 0 atom stereocenters. The van der Waals surface area contributed by atoms with Gasteiger partial charge in [0.1, 0.15) is 0 Å². The molecule has 0 spiro atoms. The molecule has 0 heterocycles. The Balaban J connectivity index is 1.93. The lowest BCUT2D eigenvalue weighted by Crippen LogP contribution is -2.36. The van der Waals surface area contributed by atoms with E-state index in [1.807, 2.05) is 30.3 Å². The first-order valence-corrected chi connectivity index (χ1v) is 10.9. The SMILES string of the molecule is CCCCCCCCCCCCCCCCN(C(N)=O)c1ccccc1. The molecule has 0 aliphatic rings. The summed E-state index contributed by atoms with van der Waals surface area (Å²) in [6, 6.07) is 9.36. The van der Waals surface area contributed by atoms with Gasteiger partial charge in [-0.3, -0.25) is 4.90 Å². The van der Waals surface area contributed by atoms with E-state index >= 15 is 0 Å². The Morgan fingerprint density at radius 1 is 0.731 bits per heavy atom. The monoisotopic (exact) mass is 360 g/mol. The first-order chi connectivity index (χ1) is 12.8. The minimum absolute atomic E-state index is 0.356. The zero-order valence-electron chi connectivity index (χ0n) is 16.9. The molecule has 2 amide bonds. The first kappa shape index (κ1) is 22.5. The molecule has 0 aliphatic heterocycles. The minimum Gasteiger partial charge on any atom is -0.351 e. The van der Waals surface area contributed by atoms with Gasteiger partial charge in [-0.2, -0.15) is 0 Å². The van der Waals surface area contributed by atoms with Gasteiger partial charge in [0.2, 0.25) is 0 Å². The van der Waals surface area contributed by atoms with Gasteiger partial charge in [0.25, 0.3) is 0 Å². The number of benzene rings is 1. The molecule has 0 aliphatic carbocycles. The van der Waals surface area contributed by atoms with Crippen molar-refractivity contribution in [3.8, 4) is 0 Å². The van der Waals surface area contributed by atoms with Crippen LogP contribution in [0.3, 0.4) is 0 Å². The lowest BCUT2D eigenvalue weighted by Gasteiger charge is -2.20. The molecule has 0 radical (unpaired) electrons. The number of carbonyl (C=O) groups is 1. The molecule has 0 fully saturated rings. The van der Waals surface area contributed by atoms with Crippen molar-refractivity contribution in [3.05, 3.63) is 30.3 Å². The summed E-state index contributed by atoms with van der Waals surface area (Å²) in [5, 5.41) is 0. The number of urea groups is 1. The van der Waals surface area contributed by atoms with Crippen LogP contribution >= 0.6 is 0 Å². The van der Waals surface area contributed by atoms with Crippen LogP contribution in [0.4, 0.5) is 10.5 Å². The number of unbranched alkanes of at least 4 members (excludes halogenated alkanes) is 13. The highest BCUT2D eigenvalue weighted by Crippen LogP contribution is 2.16. The number of anilines is 1. The lowest BCUT2D eigenvalue weighted by molar-refractivity contribution is 0.253. The van der Waals surface area contributed by atoms with Gasteiger partial charge in [-0.05, 0) is 18.6 Å². The number of carbonyl (C=O) groups excluding carboxylic acids is 1. The van der Waals surface area contributed by atoms with E-state index in [1.165, 1.54) is 83.5 Å². The van der Waals surface area contributed by atoms with Gasteiger partial charge in [-0.1, -0.05) is 109 Å². The molecule has 148 valence electrons. The highest BCUT2D eigenvalue weighted by Gasteiger charge is 2.10. The second kappa shape index (κ2) is 15.7. The summed E-state index contributed by atoms with van der Waals surface area (Å²) in [5.41, 5.74) is 6.41. The molecule has 3 heteroatoms. The third kappa shape index (κ3) is 11.2. The van der Waals surface area contributed by atoms with Crippen molar-refractivity contribution >= 4 is 11.7 Å². The van der Waals surface area contributed by atoms with E-state index in [9.17, 15) is 4.79 Å². The quantitative estimate of drug-likeness (QED) is 0.315. The van der Waals surface area contributed by atoms with Crippen LogP contribution in [0.15, 0.2) is 30.3 Å². The number of rotatable bonds is 16. The Labute approximate surface area is 161 Å². The first-order valence-electron chi connectivity index (χ1n) is 10.9. The van der Waals surface area contributed by atoms with Crippen LogP contribution in [-0.2, 0) is 0 Å². The highest BCUT2D eigenvalue weighted by atomic mass is 16.2. The lowest BCUT2D eigenvalue weighted by atomic mass is 10.0. The van der Waals surface area contributed by atoms with Crippen LogP contribution < -0.4 is 10.6 Å². The van der Waals surface area contributed by atoms with E-state index in [1.54, 1.807) is 4.90 Å². The normalized spacial score (nSPS) is 10.8. The molecular weight excluding hydrogens is 320 g/mol. The van der Waals surface area contributed by atoms with Gasteiger partial charge in [0, 0.05) is 12.2 Å². The number of amides is 2. The maximum absolute atomic E-state index is 11.6. The second-order valence-electron chi connectivity index (χ2n) is 7.42. The van der Waals surface area contributed by atoms with Gasteiger partial charge in [-0.25, -0.2) is 4.79 Å². The van der Waals surface area contributed by atoms with Gasteiger partial charge >= 0.3 is 6.03 Å². The smallest absolute Gasteiger partial charge is 0.319 e. The summed E-state index contributed by atoms with van der Waals surface area (Å²) in [7, 11) is 0. The van der Waals surface area contributed by atoms with Crippen LogP contribution in [-0.4, -0.2) is 12.6 Å². The predicted molar refractivity (Wildman–Crippen MR) is 114 cm³/mol. The van der Waals surface area contributed by atoms with Crippen molar-refractivity contribution in [2.75, 3.05) is 11.4 Å². The zero-order valence-corrected chi connectivity index (χ0v) is 16.9. The third-order valence-corrected chi connectivity index (χ3v) is 5.07. The van der Waals surface area contributed by atoms with Crippen molar-refractivity contribution in [2.45, 2.75) is 96.8 Å². The van der Waals surface area contributed by atoms with Crippen molar-refractivity contribution < 1.29 is 4.79 Å². The van der Waals surface area contributed by atoms with E-state index in [-0.39, 0.29) is 6.03 Å². The van der Waals surface area contributed by atoms with E-state index in [4.69, 9.17) is 5.73 Å². The number of nitrogens with two attached hydrogens (primary N) is 1. The Morgan fingerprint density at radius 3 is 1.58 bits per heavy atom. The molecule has 0 saturated heterocycles. The van der Waals surface area contributed by atoms with Crippen molar-refractivity contribution in [1.82, 2.24) is 0 Å². The summed E-state index contributed by atoms with van der Waals surface area (Å²) in [6.45, 7) is 2.99. The molecule has 1 aromatic carbocycles. The van der Waals surface area contributed by atoms with Gasteiger partial charge in [-0.15, -0.1) is 0 Å². The molecule has 0 unspecified atom stereocenters. The van der Waals surface area contributed by atoms with Crippen LogP contribution in [0.5, 0.6) is 0 Å². The van der Waals surface area contributed by atoms with Crippen LogP contribution in [0.2, 0.25) is 0 Å². The fraction of sp³-hybridized carbons (Fsp3) is 0.696. The average Bonchev–Trinajstić information content (AvgIpc) is 2.65.